The number of benzene rings is 1. The second-order valence-electron chi connectivity index (χ2n) is 6.66. The second-order valence-corrected chi connectivity index (χ2v) is 6.66. The molecule has 0 fully saturated rings. The van der Waals surface area contributed by atoms with E-state index in [2.05, 4.69) is 20.0 Å². The minimum absolute atomic E-state index is 0. The van der Waals surface area contributed by atoms with Gasteiger partial charge in [0.25, 0.3) is 11.1 Å². The van der Waals surface area contributed by atoms with Crippen LogP contribution in [0.15, 0.2) is 43.8 Å². The number of pyridine rings is 2. The maximum atomic E-state index is 11.7. The van der Waals surface area contributed by atoms with Crippen LogP contribution in [0, 0.1) is 36.5 Å². The van der Waals surface area contributed by atoms with Crippen LogP contribution in [0.1, 0.15) is 33.4 Å². The zero-order valence-electron chi connectivity index (χ0n) is 17.3. The predicted octanol–water partition coefficient (Wildman–Crippen LogP) is 2.33. The Hall–Kier alpha value is -4.44. The van der Waals surface area contributed by atoms with Crippen molar-refractivity contribution >= 4 is 23.8 Å². The average molecular weight is 484 g/mol. The first-order valence-electron chi connectivity index (χ1n) is 9.17. The number of aromatic amines is 2. The van der Waals surface area contributed by atoms with Gasteiger partial charge in [0.15, 0.2) is 0 Å². The number of nitriles is 2. The summed E-state index contributed by atoms with van der Waals surface area (Å²) >= 11 is 0. The molecular formula is C22H16FeN6O4. The van der Waals surface area contributed by atoms with Crippen molar-refractivity contribution < 1.29 is 27.3 Å². The Labute approximate surface area is 197 Å². The van der Waals surface area contributed by atoms with E-state index in [1.54, 1.807) is 36.4 Å². The van der Waals surface area contributed by atoms with Crippen molar-refractivity contribution in [3.05, 3.63) is 78.4 Å². The average Bonchev–Trinajstić information content (AvgIpc) is 2.74. The van der Waals surface area contributed by atoms with E-state index in [9.17, 15) is 19.8 Å². The molecule has 166 valence electrons. The van der Waals surface area contributed by atoms with E-state index in [1.807, 2.05) is 0 Å². The summed E-state index contributed by atoms with van der Waals surface area (Å²) in [6.07, 6.45) is 2.60. The number of aromatic hydroxyl groups is 2. The zero-order chi connectivity index (χ0) is 23.4. The van der Waals surface area contributed by atoms with E-state index in [0.717, 1.165) is 0 Å². The van der Waals surface area contributed by atoms with Gasteiger partial charge in [-0.2, -0.15) is 10.5 Å². The number of aromatic nitrogens is 2. The van der Waals surface area contributed by atoms with E-state index in [0.29, 0.717) is 11.4 Å². The molecule has 0 amide bonds. The molecular weight excluding hydrogens is 468 g/mol. The number of rotatable bonds is 4. The first-order valence-corrected chi connectivity index (χ1v) is 9.17. The van der Waals surface area contributed by atoms with Gasteiger partial charge < -0.3 is 10.2 Å². The number of H-pyrrole nitrogens is 2. The number of aliphatic imine (C=N–C) groups is 2. The van der Waals surface area contributed by atoms with Crippen LogP contribution in [-0.2, 0) is 17.1 Å². The summed E-state index contributed by atoms with van der Waals surface area (Å²) < 4.78 is 0. The van der Waals surface area contributed by atoms with Crippen molar-refractivity contribution in [3.63, 3.8) is 0 Å². The molecule has 2 heterocycles. The van der Waals surface area contributed by atoms with E-state index in [-0.39, 0.29) is 50.4 Å². The Morgan fingerprint density at radius 1 is 0.818 bits per heavy atom. The van der Waals surface area contributed by atoms with E-state index < -0.39 is 22.9 Å². The fourth-order valence-electron chi connectivity index (χ4n) is 2.98. The summed E-state index contributed by atoms with van der Waals surface area (Å²) in [5.41, 5.74) is 0.00684. The number of hydrogen-bond donors (Lipinski definition) is 4. The van der Waals surface area contributed by atoms with Gasteiger partial charge in [-0.05, 0) is 37.1 Å². The van der Waals surface area contributed by atoms with Crippen molar-refractivity contribution in [2.75, 3.05) is 0 Å². The molecule has 0 aliphatic rings. The molecule has 1 aromatic carbocycles. The number of hydrogen-bond acceptors (Lipinski definition) is 8. The molecule has 3 rings (SSSR count). The summed E-state index contributed by atoms with van der Waals surface area (Å²) in [6.45, 7) is 3.04. The van der Waals surface area contributed by atoms with Gasteiger partial charge in [-0.15, -0.1) is 0 Å². The minimum Gasteiger partial charge on any atom is -0.494 e. The molecule has 0 saturated heterocycles. The number of nitrogens with one attached hydrogen (secondary N) is 2. The number of para-hydroxylation sites is 2. The zero-order valence-corrected chi connectivity index (χ0v) is 18.4. The summed E-state index contributed by atoms with van der Waals surface area (Å²) in [6, 6.07) is 10.3. The quantitative estimate of drug-likeness (QED) is 0.326. The molecule has 0 aliphatic heterocycles. The Balaban J connectivity index is 0.00000385. The molecule has 33 heavy (non-hydrogen) atoms. The fraction of sp³-hybridized carbons (Fsp3) is 0.0909. The van der Waals surface area contributed by atoms with Gasteiger partial charge >= 0.3 is 0 Å². The monoisotopic (exact) mass is 484 g/mol. The maximum Gasteiger partial charge on any atom is 0.268 e. The van der Waals surface area contributed by atoms with Crippen molar-refractivity contribution in [3.8, 4) is 23.9 Å². The molecule has 10 nitrogen and oxygen atoms in total. The number of nitrogens with zero attached hydrogens (tertiary/aromatic N) is 4. The molecule has 0 atom stereocenters. The third kappa shape index (κ3) is 4.91. The minimum atomic E-state index is -0.697. The van der Waals surface area contributed by atoms with Gasteiger partial charge in [0.2, 0.25) is 11.8 Å². The molecule has 0 unspecified atom stereocenters. The van der Waals surface area contributed by atoms with E-state index in [4.69, 9.17) is 10.5 Å². The van der Waals surface area contributed by atoms with Crippen molar-refractivity contribution in [1.29, 1.82) is 10.5 Å². The molecule has 11 heteroatoms. The molecule has 0 bridgehead atoms. The summed E-state index contributed by atoms with van der Waals surface area (Å²) in [7, 11) is 0. The molecule has 3 aromatic rings. The molecule has 0 saturated carbocycles. The van der Waals surface area contributed by atoms with Gasteiger partial charge in [-0.1, -0.05) is 12.1 Å². The largest absolute Gasteiger partial charge is 0.494 e. The van der Waals surface area contributed by atoms with Crippen molar-refractivity contribution in [2.45, 2.75) is 13.8 Å². The van der Waals surface area contributed by atoms with E-state index >= 15 is 0 Å². The second kappa shape index (κ2) is 10.2. The van der Waals surface area contributed by atoms with Gasteiger partial charge in [-0.3, -0.25) is 29.5 Å². The van der Waals surface area contributed by atoms with Crippen LogP contribution in [0.25, 0.3) is 0 Å². The van der Waals surface area contributed by atoms with E-state index in [1.165, 1.54) is 26.3 Å². The van der Waals surface area contributed by atoms with Crippen LogP contribution < -0.4 is 11.1 Å². The van der Waals surface area contributed by atoms with Crippen LogP contribution in [0.4, 0.5) is 11.4 Å². The third-order valence-corrected chi connectivity index (χ3v) is 4.76. The van der Waals surface area contributed by atoms with Crippen LogP contribution in [-0.4, -0.2) is 32.6 Å². The predicted molar refractivity (Wildman–Crippen MR) is 117 cm³/mol. The maximum absolute atomic E-state index is 11.7. The summed E-state index contributed by atoms with van der Waals surface area (Å²) in [5.74, 6) is -0.844. The standard InChI is InChI=1S/C22H16N6O4.Fe/c1-11-13(7-23)19(29)27-21(31)15(11)9-25-17-5-3-4-6-18(17)26-10-16-12(2)14(8-24)20(30)28-22(16)32;/h3-6,9-10H,1-2H3,(H2,27,29,31)(H2,28,30,32);. The Morgan fingerprint density at radius 3 is 1.52 bits per heavy atom. The molecule has 0 spiro atoms. The normalized spacial score (nSPS) is 10.7. The van der Waals surface area contributed by atoms with Crippen LogP contribution >= 0.6 is 0 Å². The van der Waals surface area contributed by atoms with Gasteiger partial charge in [0.05, 0.1) is 22.5 Å². The Morgan fingerprint density at radius 2 is 1.18 bits per heavy atom. The fourth-order valence-corrected chi connectivity index (χ4v) is 2.98. The van der Waals surface area contributed by atoms with Gasteiger partial charge in [0, 0.05) is 29.5 Å². The van der Waals surface area contributed by atoms with Crippen LogP contribution in [0.2, 0.25) is 0 Å². The SMILES string of the molecule is Cc1c(C=Nc2ccccc2N=Cc2c(O)[nH]c(=O)c(C#N)c2C)c(O)[nH]c(=O)c1C#N.[Fe]. The van der Waals surface area contributed by atoms with Crippen LogP contribution in [0.5, 0.6) is 11.8 Å². The van der Waals surface area contributed by atoms with Crippen LogP contribution in [0.3, 0.4) is 0 Å². The summed E-state index contributed by atoms with van der Waals surface area (Å²) in [4.78, 5) is 36.5. The first-order chi connectivity index (χ1) is 15.3. The molecule has 2 aromatic heterocycles. The van der Waals surface area contributed by atoms with Gasteiger partial charge in [-0.25, -0.2) is 0 Å². The van der Waals surface area contributed by atoms with Crippen molar-refractivity contribution in [2.24, 2.45) is 9.98 Å². The Bertz CT molecular complexity index is 1380. The third-order valence-electron chi connectivity index (χ3n) is 4.76. The molecule has 4 N–H and O–H groups in total. The topological polar surface area (TPSA) is 178 Å². The molecule has 0 radical (unpaired) electrons. The Kier molecular flexibility index (Phi) is 7.71. The smallest absolute Gasteiger partial charge is 0.268 e. The molecule has 0 aliphatic carbocycles. The van der Waals surface area contributed by atoms with Crippen molar-refractivity contribution in [1.82, 2.24) is 9.97 Å². The summed E-state index contributed by atoms with van der Waals surface area (Å²) in [5, 5.41) is 38.4. The first kappa shape index (κ1) is 24.8. The van der Waals surface area contributed by atoms with Gasteiger partial charge in [0.1, 0.15) is 23.3 Å².